The van der Waals surface area contributed by atoms with Crippen molar-refractivity contribution in [2.75, 3.05) is 30.4 Å². The van der Waals surface area contributed by atoms with Gasteiger partial charge in [-0.25, -0.2) is 15.0 Å². The summed E-state index contributed by atoms with van der Waals surface area (Å²) in [6.07, 6.45) is 8.45. The molecule has 1 aliphatic heterocycles. The van der Waals surface area contributed by atoms with Gasteiger partial charge in [0.2, 0.25) is 5.91 Å². The van der Waals surface area contributed by atoms with E-state index in [2.05, 4.69) is 22.2 Å². The highest BCUT2D eigenvalue weighted by molar-refractivity contribution is 7.18. The Hall–Kier alpha value is -3.04. The minimum atomic E-state index is -0.226. The lowest BCUT2D eigenvalue weighted by Gasteiger charge is -2.38. The Bertz CT molecular complexity index is 1180. The lowest BCUT2D eigenvalue weighted by atomic mass is 9.86. The fourth-order valence-electron chi connectivity index (χ4n) is 5.13. The number of carbonyl (C=O) groups excluding carboxylic acids is 1. The number of aliphatic hydroxyl groups excluding tert-OH is 1. The normalized spacial score (nSPS) is 20.8. The molecule has 8 nitrogen and oxygen atoms in total. The minimum absolute atomic E-state index is 0.0867. The van der Waals surface area contributed by atoms with Crippen LogP contribution in [0.15, 0.2) is 42.7 Å². The van der Waals surface area contributed by atoms with E-state index in [1.807, 2.05) is 48.4 Å². The molecule has 0 aromatic carbocycles. The van der Waals surface area contributed by atoms with E-state index in [0.717, 1.165) is 84.5 Å². The van der Waals surface area contributed by atoms with Crippen LogP contribution in [0.2, 0.25) is 0 Å². The van der Waals surface area contributed by atoms with Crippen LogP contribution in [-0.2, 0) is 4.79 Å². The Morgan fingerprint density at radius 2 is 1.86 bits per heavy atom. The number of piperidine rings is 1. The highest BCUT2D eigenvalue weighted by Crippen LogP contribution is 2.33. The topological polar surface area (TPSA) is 94.5 Å². The van der Waals surface area contributed by atoms with Crippen molar-refractivity contribution >= 4 is 34.0 Å². The number of nitrogens with zero attached hydrogens (tertiary/aromatic N) is 5. The van der Waals surface area contributed by atoms with Crippen molar-refractivity contribution in [3.05, 3.63) is 48.3 Å². The first kappa shape index (κ1) is 24.6. The van der Waals surface area contributed by atoms with Gasteiger partial charge in [0.25, 0.3) is 0 Å². The van der Waals surface area contributed by atoms with Crippen LogP contribution >= 0.6 is 11.3 Å². The van der Waals surface area contributed by atoms with Crippen molar-refractivity contribution in [1.29, 1.82) is 0 Å². The van der Waals surface area contributed by atoms with Crippen molar-refractivity contribution in [2.45, 2.75) is 57.6 Å². The molecule has 2 N–H and O–H groups in total. The molecule has 1 saturated carbocycles. The first-order valence-corrected chi connectivity index (χ1v) is 13.6. The lowest BCUT2D eigenvalue weighted by molar-refractivity contribution is -0.138. The van der Waals surface area contributed by atoms with Gasteiger partial charge >= 0.3 is 0 Å². The SMILES string of the molecule is Cc1ccnc(Nc2cccc(-c3cnc(N(C)C4CCN(C(=O)C5CCC(O)CC5)CC4)s3)n2)c1. The van der Waals surface area contributed by atoms with E-state index >= 15 is 0 Å². The number of aliphatic hydroxyl groups is 1. The first-order valence-electron chi connectivity index (χ1n) is 12.8. The molecule has 4 heterocycles. The van der Waals surface area contributed by atoms with Gasteiger partial charge in [-0.15, -0.1) is 0 Å². The first-order chi connectivity index (χ1) is 17.5. The van der Waals surface area contributed by atoms with Gasteiger partial charge in [0.1, 0.15) is 11.6 Å². The minimum Gasteiger partial charge on any atom is -0.393 e. The van der Waals surface area contributed by atoms with Gasteiger partial charge in [-0.05, 0) is 75.3 Å². The number of pyridine rings is 2. The predicted octanol–water partition coefficient (Wildman–Crippen LogP) is 4.63. The number of aromatic nitrogens is 3. The highest BCUT2D eigenvalue weighted by Gasteiger charge is 2.32. The summed E-state index contributed by atoms with van der Waals surface area (Å²) < 4.78 is 0. The van der Waals surface area contributed by atoms with Gasteiger partial charge in [-0.3, -0.25) is 4.79 Å². The van der Waals surface area contributed by atoms with Gasteiger partial charge in [0.15, 0.2) is 5.13 Å². The predicted molar refractivity (Wildman–Crippen MR) is 144 cm³/mol. The van der Waals surface area contributed by atoms with Gasteiger partial charge in [-0.2, -0.15) is 0 Å². The zero-order chi connectivity index (χ0) is 25.1. The number of hydrogen-bond donors (Lipinski definition) is 2. The maximum absolute atomic E-state index is 12.9. The molecule has 1 amide bonds. The molecule has 0 radical (unpaired) electrons. The summed E-state index contributed by atoms with van der Waals surface area (Å²) in [4.78, 5) is 32.1. The summed E-state index contributed by atoms with van der Waals surface area (Å²) in [5, 5.41) is 14.0. The van der Waals surface area contributed by atoms with Crippen molar-refractivity contribution in [1.82, 2.24) is 19.9 Å². The van der Waals surface area contributed by atoms with Crippen LogP contribution in [-0.4, -0.2) is 63.1 Å². The molecular formula is C27H34N6O2S. The molecule has 0 bridgehead atoms. The fourth-order valence-corrected chi connectivity index (χ4v) is 6.05. The lowest BCUT2D eigenvalue weighted by Crippen LogP contribution is -2.47. The molecule has 1 aliphatic carbocycles. The number of anilines is 3. The van der Waals surface area contributed by atoms with Crippen LogP contribution in [0.25, 0.3) is 10.6 Å². The van der Waals surface area contributed by atoms with Gasteiger partial charge in [0.05, 0.1) is 16.7 Å². The second-order valence-electron chi connectivity index (χ2n) is 9.93. The van der Waals surface area contributed by atoms with E-state index in [4.69, 9.17) is 9.97 Å². The van der Waals surface area contributed by atoms with Crippen LogP contribution in [0.4, 0.5) is 16.8 Å². The number of aryl methyl sites for hydroxylation is 1. The van der Waals surface area contributed by atoms with Crippen LogP contribution in [0.1, 0.15) is 44.1 Å². The van der Waals surface area contributed by atoms with E-state index in [-0.39, 0.29) is 17.9 Å². The smallest absolute Gasteiger partial charge is 0.225 e. The summed E-state index contributed by atoms with van der Waals surface area (Å²) in [5.41, 5.74) is 2.02. The van der Waals surface area contributed by atoms with Crippen molar-refractivity contribution in [3.8, 4) is 10.6 Å². The third-order valence-electron chi connectivity index (χ3n) is 7.34. The third kappa shape index (κ3) is 5.68. The van der Waals surface area contributed by atoms with Crippen molar-refractivity contribution in [2.24, 2.45) is 5.92 Å². The standard InChI is InChI=1S/C27H34N6O2S/c1-18-10-13-28-25(16-18)31-24-5-3-4-22(30-24)23-17-29-27(36-23)32(2)20-11-14-33(15-12-20)26(35)19-6-8-21(34)9-7-19/h3-5,10,13,16-17,19-21,34H,6-9,11-12,14-15H2,1-2H3,(H,28,30,31). The molecule has 36 heavy (non-hydrogen) atoms. The molecule has 9 heteroatoms. The quantitative estimate of drug-likeness (QED) is 0.503. The zero-order valence-corrected chi connectivity index (χ0v) is 21.7. The van der Waals surface area contributed by atoms with E-state index in [1.165, 1.54) is 0 Å². The van der Waals surface area contributed by atoms with Gasteiger partial charge in [0, 0.05) is 44.5 Å². The molecule has 0 unspecified atom stereocenters. The molecule has 2 aliphatic rings. The summed E-state index contributed by atoms with van der Waals surface area (Å²) in [5.74, 6) is 1.89. The Morgan fingerprint density at radius 3 is 2.61 bits per heavy atom. The number of amides is 1. The summed E-state index contributed by atoms with van der Waals surface area (Å²) in [7, 11) is 2.10. The van der Waals surface area contributed by atoms with E-state index in [1.54, 1.807) is 17.5 Å². The number of rotatable bonds is 6. The molecule has 0 atom stereocenters. The molecule has 5 rings (SSSR count). The third-order valence-corrected chi connectivity index (χ3v) is 8.45. The molecule has 2 fully saturated rings. The van der Waals surface area contributed by atoms with Crippen molar-refractivity contribution < 1.29 is 9.90 Å². The maximum atomic E-state index is 12.9. The molecule has 3 aromatic heterocycles. The summed E-state index contributed by atoms with van der Waals surface area (Å²) in [6, 6.07) is 10.2. The summed E-state index contributed by atoms with van der Waals surface area (Å²) >= 11 is 1.64. The van der Waals surface area contributed by atoms with Gasteiger partial charge in [-0.1, -0.05) is 17.4 Å². The van der Waals surface area contributed by atoms with E-state index < -0.39 is 0 Å². The number of carbonyl (C=O) groups is 1. The van der Waals surface area contributed by atoms with Crippen LogP contribution in [0, 0.1) is 12.8 Å². The van der Waals surface area contributed by atoms with Crippen LogP contribution in [0.3, 0.4) is 0 Å². The largest absolute Gasteiger partial charge is 0.393 e. The Morgan fingerprint density at radius 1 is 1.08 bits per heavy atom. The average Bonchev–Trinajstić information content (AvgIpc) is 3.39. The Kier molecular flexibility index (Phi) is 7.48. The van der Waals surface area contributed by atoms with Crippen molar-refractivity contribution in [3.63, 3.8) is 0 Å². The van der Waals surface area contributed by atoms with E-state index in [0.29, 0.717) is 6.04 Å². The van der Waals surface area contributed by atoms with Crippen LogP contribution < -0.4 is 10.2 Å². The molecule has 3 aromatic rings. The monoisotopic (exact) mass is 506 g/mol. The zero-order valence-electron chi connectivity index (χ0n) is 20.9. The number of likely N-dealkylation sites (tertiary alicyclic amines) is 1. The number of hydrogen-bond acceptors (Lipinski definition) is 8. The fraction of sp³-hybridized carbons (Fsp3) is 0.481. The second-order valence-corrected chi connectivity index (χ2v) is 10.9. The average molecular weight is 507 g/mol. The highest BCUT2D eigenvalue weighted by atomic mass is 32.1. The number of thiazole rings is 1. The second kappa shape index (κ2) is 10.9. The van der Waals surface area contributed by atoms with E-state index in [9.17, 15) is 9.90 Å². The molecule has 1 saturated heterocycles. The molecule has 190 valence electrons. The Labute approximate surface area is 216 Å². The Balaban J connectivity index is 1.19. The van der Waals surface area contributed by atoms with Gasteiger partial charge < -0.3 is 20.2 Å². The number of nitrogens with one attached hydrogen (secondary N) is 1. The maximum Gasteiger partial charge on any atom is 0.225 e. The van der Waals surface area contributed by atoms with Crippen LogP contribution in [0.5, 0.6) is 0 Å². The summed E-state index contributed by atoms with van der Waals surface area (Å²) in [6.45, 7) is 3.61. The molecule has 0 spiro atoms. The molecular weight excluding hydrogens is 472 g/mol.